The molecular weight excluding hydrogens is 312 g/mol. The number of aromatic nitrogens is 2. The van der Waals surface area contributed by atoms with Crippen molar-refractivity contribution in [2.45, 2.75) is 25.4 Å². The highest BCUT2D eigenvalue weighted by molar-refractivity contribution is 7.92. The Kier molecular flexibility index (Phi) is 4.21. The first-order valence-electron chi connectivity index (χ1n) is 6.13. The Balaban J connectivity index is 2.42. The predicted molar refractivity (Wildman–Crippen MR) is 79.6 cm³/mol. The number of nitriles is 1. The van der Waals surface area contributed by atoms with E-state index >= 15 is 0 Å². The van der Waals surface area contributed by atoms with E-state index in [-0.39, 0.29) is 16.3 Å². The van der Waals surface area contributed by atoms with Gasteiger partial charge in [0.15, 0.2) is 5.03 Å². The molecule has 1 N–H and O–H groups in total. The molecule has 21 heavy (non-hydrogen) atoms. The van der Waals surface area contributed by atoms with Crippen LogP contribution in [0.15, 0.2) is 29.4 Å². The minimum atomic E-state index is -3.87. The van der Waals surface area contributed by atoms with E-state index in [0.717, 1.165) is 0 Å². The van der Waals surface area contributed by atoms with Gasteiger partial charge in [0.1, 0.15) is 11.9 Å². The summed E-state index contributed by atoms with van der Waals surface area (Å²) in [5.74, 6) is 0.601. The van der Waals surface area contributed by atoms with Gasteiger partial charge in [-0.05, 0) is 32.0 Å². The molecule has 2 aromatic rings. The summed E-state index contributed by atoms with van der Waals surface area (Å²) in [6.45, 7) is 4.24. The lowest BCUT2D eigenvalue weighted by Gasteiger charge is -2.07. The topological polar surface area (TPSA) is 87.8 Å². The summed E-state index contributed by atoms with van der Waals surface area (Å²) in [7, 11) is -3.87. The molecule has 0 aliphatic heterocycles. The fourth-order valence-electron chi connectivity index (χ4n) is 1.82. The van der Waals surface area contributed by atoms with Crippen molar-refractivity contribution in [1.82, 2.24) is 9.55 Å². The number of hydrogen-bond acceptors (Lipinski definition) is 4. The molecule has 1 aromatic heterocycles. The van der Waals surface area contributed by atoms with Crippen LogP contribution in [0.3, 0.4) is 0 Å². The predicted octanol–water partition coefficient (Wildman–Crippen LogP) is 2.54. The lowest BCUT2D eigenvalue weighted by molar-refractivity contribution is 0.598. The van der Waals surface area contributed by atoms with Gasteiger partial charge in [-0.3, -0.25) is 4.72 Å². The average Bonchev–Trinajstić information content (AvgIpc) is 2.81. The van der Waals surface area contributed by atoms with E-state index in [1.54, 1.807) is 11.5 Å². The Labute approximate surface area is 128 Å². The van der Waals surface area contributed by atoms with Gasteiger partial charge in [-0.2, -0.15) is 13.7 Å². The SMILES string of the molecule is CCn1cc(S(=O)(=O)Nc2cc(Cl)ccc2C#N)nc1C. The van der Waals surface area contributed by atoms with Gasteiger partial charge in [0, 0.05) is 17.8 Å². The minimum Gasteiger partial charge on any atom is -0.334 e. The van der Waals surface area contributed by atoms with Crippen LogP contribution in [-0.4, -0.2) is 18.0 Å². The van der Waals surface area contributed by atoms with Crippen molar-refractivity contribution in [3.8, 4) is 6.07 Å². The zero-order valence-corrected chi connectivity index (χ0v) is 13.0. The molecule has 0 unspecified atom stereocenters. The molecule has 8 heteroatoms. The Morgan fingerprint density at radius 1 is 1.48 bits per heavy atom. The molecular formula is C13H13ClN4O2S. The van der Waals surface area contributed by atoms with Crippen LogP contribution in [-0.2, 0) is 16.6 Å². The molecule has 1 heterocycles. The van der Waals surface area contributed by atoms with E-state index in [4.69, 9.17) is 16.9 Å². The van der Waals surface area contributed by atoms with E-state index in [9.17, 15) is 8.42 Å². The van der Waals surface area contributed by atoms with Gasteiger partial charge in [0.05, 0.1) is 11.3 Å². The van der Waals surface area contributed by atoms with Gasteiger partial charge >= 0.3 is 0 Å². The average molecular weight is 325 g/mol. The van der Waals surface area contributed by atoms with Crippen LogP contribution in [0.25, 0.3) is 0 Å². The molecule has 0 radical (unpaired) electrons. The Morgan fingerprint density at radius 3 is 2.76 bits per heavy atom. The summed E-state index contributed by atoms with van der Waals surface area (Å²) < 4.78 is 28.7. The normalized spacial score (nSPS) is 11.1. The number of rotatable bonds is 4. The molecule has 0 spiro atoms. The third-order valence-electron chi connectivity index (χ3n) is 2.92. The van der Waals surface area contributed by atoms with Crippen LogP contribution in [0.5, 0.6) is 0 Å². The number of benzene rings is 1. The molecule has 0 fully saturated rings. The molecule has 0 aliphatic rings. The van der Waals surface area contributed by atoms with E-state index < -0.39 is 10.0 Å². The largest absolute Gasteiger partial charge is 0.334 e. The summed E-state index contributed by atoms with van der Waals surface area (Å²) in [5, 5.41) is 9.26. The number of halogens is 1. The fraction of sp³-hybridized carbons (Fsp3) is 0.231. The molecule has 6 nitrogen and oxygen atoms in total. The van der Waals surface area contributed by atoms with E-state index in [0.29, 0.717) is 17.4 Å². The summed E-state index contributed by atoms with van der Waals surface area (Å²) >= 11 is 5.84. The molecule has 2 rings (SSSR count). The summed E-state index contributed by atoms with van der Waals surface area (Å²) in [6, 6.07) is 6.28. The molecule has 0 bridgehead atoms. The van der Waals surface area contributed by atoms with E-state index in [2.05, 4.69) is 9.71 Å². The second kappa shape index (κ2) is 5.76. The number of aryl methyl sites for hydroxylation is 2. The summed E-state index contributed by atoms with van der Waals surface area (Å²) in [6.07, 6.45) is 1.45. The second-order valence-electron chi connectivity index (χ2n) is 4.32. The van der Waals surface area contributed by atoms with Crippen molar-refractivity contribution < 1.29 is 8.42 Å². The molecule has 110 valence electrons. The number of nitrogens with zero attached hydrogens (tertiary/aromatic N) is 3. The molecule has 0 aliphatic carbocycles. The number of anilines is 1. The maximum absolute atomic E-state index is 12.3. The standard InChI is InChI=1S/C13H13ClN4O2S/c1-3-18-8-13(16-9(18)2)21(19,20)17-12-6-11(14)5-4-10(12)7-15/h4-6,8,17H,3H2,1-2H3. The van der Waals surface area contributed by atoms with Crippen molar-refractivity contribution in [1.29, 1.82) is 5.26 Å². The van der Waals surface area contributed by atoms with Gasteiger partial charge in [-0.25, -0.2) is 4.98 Å². The highest BCUT2D eigenvalue weighted by Gasteiger charge is 2.20. The van der Waals surface area contributed by atoms with E-state index in [1.807, 2.05) is 13.0 Å². The van der Waals surface area contributed by atoms with Crippen molar-refractivity contribution in [2.24, 2.45) is 0 Å². The number of nitrogens with one attached hydrogen (secondary N) is 1. The highest BCUT2D eigenvalue weighted by Crippen LogP contribution is 2.23. The summed E-state index contributed by atoms with van der Waals surface area (Å²) in [4.78, 5) is 4.02. The van der Waals surface area contributed by atoms with Crippen molar-refractivity contribution >= 4 is 27.3 Å². The van der Waals surface area contributed by atoms with Crippen LogP contribution in [0, 0.1) is 18.3 Å². The van der Waals surface area contributed by atoms with Crippen molar-refractivity contribution in [3.63, 3.8) is 0 Å². The zero-order chi connectivity index (χ0) is 15.6. The Hall–Kier alpha value is -2.04. The number of hydrogen-bond donors (Lipinski definition) is 1. The first kappa shape index (κ1) is 15.4. The van der Waals surface area contributed by atoms with E-state index in [1.165, 1.54) is 24.4 Å². The first-order chi connectivity index (χ1) is 9.87. The lowest BCUT2D eigenvalue weighted by Crippen LogP contribution is -2.14. The maximum atomic E-state index is 12.3. The lowest BCUT2D eigenvalue weighted by atomic mass is 10.2. The van der Waals surface area contributed by atoms with Crippen LogP contribution in [0.2, 0.25) is 5.02 Å². The third-order valence-corrected chi connectivity index (χ3v) is 4.39. The number of sulfonamides is 1. The zero-order valence-electron chi connectivity index (χ0n) is 11.5. The minimum absolute atomic E-state index is 0.0919. The van der Waals surface area contributed by atoms with Crippen molar-refractivity contribution in [2.75, 3.05) is 4.72 Å². The Bertz CT molecular complexity index is 821. The second-order valence-corrected chi connectivity index (χ2v) is 6.39. The molecule has 0 atom stereocenters. The van der Waals surface area contributed by atoms with Crippen LogP contribution in [0.4, 0.5) is 5.69 Å². The maximum Gasteiger partial charge on any atom is 0.280 e. The molecule has 1 aromatic carbocycles. The quantitative estimate of drug-likeness (QED) is 0.936. The van der Waals surface area contributed by atoms with Gasteiger partial charge in [-0.1, -0.05) is 11.6 Å². The van der Waals surface area contributed by atoms with Gasteiger partial charge < -0.3 is 4.57 Å². The van der Waals surface area contributed by atoms with Gasteiger partial charge in [0.25, 0.3) is 10.0 Å². The van der Waals surface area contributed by atoms with Gasteiger partial charge in [-0.15, -0.1) is 0 Å². The van der Waals surface area contributed by atoms with Crippen LogP contribution < -0.4 is 4.72 Å². The van der Waals surface area contributed by atoms with Crippen molar-refractivity contribution in [3.05, 3.63) is 40.8 Å². The number of imidazole rings is 1. The summed E-state index contributed by atoms with van der Waals surface area (Å²) in [5.41, 5.74) is 0.323. The first-order valence-corrected chi connectivity index (χ1v) is 7.99. The molecule has 0 saturated heterocycles. The van der Waals surface area contributed by atoms with Gasteiger partial charge in [0.2, 0.25) is 0 Å². The monoisotopic (exact) mass is 324 g/mol. The third kappa shape index (κ3) is 3.17. The molecule has 0 amide bonds. The fourth-order valence-corrected chi connectivity index (χ4v) is 3.08. The Morgan fingerprint density at radius 2 is 2.19 bits per heavy atom. The molecule has 0 saturated carbocycles. The highest BCUT2D eigenvalue weighted by atomic mass is 35.5. The van der Waals surface area contributed by atoms with Crippen LogP contribution in [0.1, 0.15) is 18.3 Å². The van der Waals surface area contributed by atoms with Crippen LogP contribution >= 0.6 is 11.6 Å². The smallest absolute Gasteiger partial charge is 0.280 e.